The van der Waals surface area contributed by atoms with Gasteiger partial charge in [-0.3, -0.25) is 10.1 Å². The average molecular weight is 225 g/mol. The molecular weight excluding hydrogens is 214 g/mol. The molecule has 2 N–H and O–H groups in total. The average Bonchev–Trinajstić information content (AvgIpc) is 2.20. The molecule has 0 radical (unpaired) electrons. The van der Waals surface area contributed by atoms with Crippen molar-refractivity contribution in [2.24, 2.45) is 0 Å². The van der Waals surface area contributed by atoms with Gasteiger partial charge in [-0.2, -0.15) is 0 Å². The van der Waals surface area contributed by atoms with Gasteiger partial charge < -0.3 is 10.6 Å². The van der Waals surface area contributed by atoms with Crippen molar-refractivity contribution in [3.05, 3.63) is 33.9 Å². The molecule has 0 aromatic heterocycles. The van der Waals surface area contributed by atoms with E-state index in [1.807, 2.05) is 0 Å². The fourth-order valence-corrected chi connectivity index (χ4v) is 1.20. The number of hydrogen-bond donors (Lipinski definition) is 2. The van der Waals surface area contributed by atoms with Crippen LogP contribution in [-0.2, 0) is 0 Å². The van der Waals surface area contributed by atoms with E-state index in [1.165, 1.54) is 6.07 Å². The van der Waals surface area contributed by atoms with Crippen LogP contribution < -0.4 is 10.6 Å². The third kappa shape index (κ3) is 2.88. The van der Waals surface area contributed by atoms with Crippen molar-refractivity contribution >= 4 is 28.7 Å². The first-order valence-electron chi connectivity index (χ1n) is 4.28. The van der Waals surface area contributed by atoms with Gasteiger partial charge in [0.25, 0.3) is 5.69 Å². The highest BCUT2D eigenvalue weighted by Gasteiger charge is 2.10. The third-order valence-electron chi connectivity index (χ3n) is 1.89. The van der Waals surface area contributed by atoms with Crippen LogP contribution in [0.4, 0.5) is 11.4 Å². The van der Waals surface area contributed by atoms with Crippen LogP contribution in [-0.4, -0.2) is 17.1 Å². The van der Waals surface area contributed by atoms with Gasteiger partial charge >= 0.3 is 0 Å². The van der Waals surface area contributed by atoms with Crippen LogP contribution >= 0.6 is 12.2 Å². The summed E-state index contributed by atoms with van der Waals surface area (Å²) >= 11 is 4.89. The lowest BCUT2D eigenvalue weighted by Crippen LogP contribution is -2.24. The summed E-state index contributed by atoms with van der Waals surface area (Å²) in [5.74, 6) is 0. The molecule has 80 valence electrons. The maximum absolute atomic E-state index is 10.7. The summed E-state index contributed by atoms with van der Waals surface area (Å²) in [4.78, 5) is 10.2. The minimum atomic E-state index is -0.414. The zero-order valence-electron chi connectivity index (χ0n) is 8.40. The highest BCUT2D eigenvalue weighted by atomic mass is 32.1. The van der Waals surface area contributed by atoms with Gasteiger partial charge in [-0.25, -0.2) is 0 Å². The maximum Gasteiger partial charge on any atom is 0.274 e. The molecule has 0 aliphatic rings. The zero-order chi connectivity index (χ0) is 11.4. The number of anilines is 1. The molecule has 15 heavy (non-hydrogen) atoms. The van der Waals surface area contributed by atoms with Crippen molar-refractivity contribution in [2.75, 3.05) is 12.4 Å². The van der Waals surface area contributed by atoms with Gasteiger partial charge in [-0.05, 0) is 25.2 Å². The molecule has 1 aromatic rings. The van der Waals surface area contributed by atoms with Crippen LogP contribution in [0.15, 0.2) is 18.2 Å². The first kappa shape index (κ1) is 11.4. The van der Waals surface area contributed by atoms with Crippen LogP contribution in [0, 0.1) is 17.0 Å². The summed E-state index contributed by atoms with van der Waals surface area (Å²) in [7, 11) is 1.68. The number of nitro groups is 1. The molecule has 0 bridgehead atoms. The molecule has 6 heteroatoms. The minimum absolute atomic E-state index is 0.0823. The molecule has 1 rings (SSSR count). The molecule has 0 aliphatic heterocycles. The molecule has 1 aromatic carbocycles. The van der Waals surface area contributed by atoms with Gasteiger partial charge in [-0.15, -0.1) is 0 Å². The first-order chi connectivity index (χ1) is 7.04. The predicted molar refractivity (Wildman–Crippen MR) is 63.1 cm³/mol. The highest BCUT2D eigenvalue weighted by molar-refractivity contribution is 7.80. The first-order valence-corrected chi connectivity index (χ1v) is 4.69. The van der Waals surface area contributed by atoms with Gasteiger partial charge in [0.05, 0.1) is 4.92 Å². The van der Waals surface area contributed by atoms with E-state index >= 15 is 0 Å². The number of nitrogens with zero attached hydrogens (tertiary/aromatic N) is 1. The van der Waals surface area contributed by atoms with E-state index in [-0.39, 0.29) is 5.69 Å². The summed E-state index contributed by atoms with van der Waals surface area (Å²) in [5, 5.41) is 16.6. The Bertz CT molecular complexity index is 406. The molecule has 0 aliphatic carbocycles. The van der Waals surface area contributed by atoms with E-state index in [2.05, 4.69) is 10.6 Å². The van der Waals surface area contributed by atoms with Crippen LogP contribution in [0.5, 0.6) is 0 Å². The Labute approximate surface area is 92.6 Å². The standard InChI is InChI=1S/C9H11N3O2S/c1-6-3-4-7(11-9(15)10-2)5-8(6)12(13)14/h3-5H,1-2H3,(H2,10,11,15). The second-order valence-electron chi connectivity index (χ2n) is 2.96. The van der Waals surface area contributed by atoms with Crippen molar-refractivity contribution in [2.45, 2.75) is 6.92 Å². The Morgan fingerprint density at radius 3 is 2.73 bits per heavy atom. The molecular formula is C9H11N3O2S. The molecule has 5 nitrogen and oxygen atoms in total. The Balaban J connectivity index is 2.97. The quantitative estimate of drug-likeness (QED) is 0.456. The van der Waals surface area contributed by atoms with Crippen molar-refractivity contribution in [1.82, 2.24) is 5.32 Å². The monoisotopic (exact) mass is 225 g/mol. The largest absolute Gasteiger partial charge is 0.366 e. The molecule has 0 atom stereocenters. The third-order valence-corrected chi connectivity index (χ3v) is 2.20. The maximum atomic E-state index is 10.7. The summed E-state index contributed by atoms with van der Waals surface area (Å²) in [6.07, 6.45) is 0. The number of rotatable bonds is 2. The van der Waals surface area contributed by atoms with Crippen molar-refractivity contribution in [3.8, 4) is 0 Å². The second-order valence-corrected chi connectivity index (χ2v) is 3.37. The highest BCUT2D eigenvalue weighted by Crippen LogP contribution is 2.21. The van der Waals surface area contributed by atoms with Crippen LogP contribution in [0.1, 0.15) is 5.56 Å². The number of thiocarbonyl (C=S) groups is 1. The number of hydrogen-bond acceptors (Lipinski definition) is 3. The van der Waals surface area contributed by atoms with E-state index in [9.17, 15) is 10.1 Å². The molecule has 0 unspecified atom stereocenters. The lowest BCUT2D eigenvalue weighted by Gasteiger charge is -2.07. The SMILES string of the molecule is CNC(=S)Nc1ccc(C)c([N+](=O)[O-])c1. The van der Waals surface area contributed by atoms with E-state index in [1.54, 1.807) is 26.1 Å². The van der Waals surface area contributed by atoms with E-state index < -0.39 is 4.92 Å². The Kier molecular flexibility index (Phi) is 3.56. The topological polar surface area (TPSA) is 67.2 Å². The van der Waals surface area contributed by atoms with Gasteiger partial charge in [0.15, 0.2) is 5.11 Å². The number of nitrogens with one attached hydrogen (secondary N) is 2. The van der Waals surface area contributed by atoms with Crippen LogP contribution in [0.3, 0.4) is 0 Å². The zero-order valence-corrected chi connectivity index (χ0v) is 9.22. The van der Waals surface area contributed by atoms with Crippen LogP contribution in [0.2, 0.25) is 0 Å². The second kappa shape index (κ2) is 4.70. The number of nitro benzene ring substituents is 1. The van der Waals surface area contributed by atoms with Gasteiger partial charge in [0.1, 0.15) is 0 Å². The number of aryl methyl sites for hydroxylation is 1. The fraction of sp³-hybridized carbons (Fsp3) is 0.222. The smallest absolute Gasteiger partial charge is 0.274 e. The number of benzene rings is 1. The van der Waals surface area contributed by atoms with Crippen molar-refractivity contribution in [1.29, 1.82) is 0 Å². The van der Waals surface area contributed by atoms with Gasteiger partial charge in [-0.1, -0.05) is 6.07 Å². The molecule has 0 amide bonds. The predicted octanol–water partition coefficient (Wildman–Crippen LogP) is 1.82. The van der Waals surface area contributed by atoms with Gasteiger partial charge in [0, 0.05) is 24.4 Å². The lowest BCUT2D eigenvalue weighted by atomic mass is 10.2. The summed E-state index contributed by atoms with van der Waals surface area (Å²) in [5.41, 5.74) is 1.31. The van der Waals surface area contributed by atoms with E-state index in [0.717, 1.165) is 0 Å². The van der Waals surface area contributed by atoms with E-state index in [0.29, 0.717) is 16.4 Å². The van der Waals surface area contributed by atoms with Crippen LogP contribution in [0.25, 0.3) is 0 Å². The lowest BCUT2D eigenvalue weighted by molar-refractivity contribution is -0.385. The summed E-state index contributed by atoms with van der Waals surface area (Å²) in [6.45, 7) is 1.69. The summed E-state index contributed by atoms with van der Waals surface area (Å²) in [6, 6.07) is 4.88. The van der Waals surface area contributed by atoms with Crippen molar-refractivity contribution in [3.63, 3.8) is 0 Å². The molecule has 0 heterocycles. The Hall–Kier alpha value is -1.69. The Morgan fingerprint density at radius 2 is 2.20 bits per heavy atom. The minimum Gasteiger partial charge on any atom is -0.366 e. The summed E-state index contributed by atoms with van der Waals surface area (Å²) < 4.78 is 0. The molecule has 0 spiro atoms. The Morgan fingerprint density at radius 1 is 1.53 bits per heavy atom. The van der Waals surface area contributed by atoms with Gasteiger partial charge in [0.2, 0.25) is 0 Å². The molecule has 0 saturated heterocycles. The van der Waals surface area contributed by atoms with Crippen molar-refractivity contribution < 1.29 is 4.92 Å². The normalized spacial score (nSPS) is 9.47. The molecule has 0 fully saturated rings. The molecule has 0 saturated carbocycles. The van der Waals surface area contributed by atoms with E-state index in [4.69, 9.17) is 12.2 Å². The fourth-order valence-electron chi connectivity index (χ4n) is 1.08.